The Morgan fingerprint density at radius 1 is 1.16 bits per heavy atom. The molecule has 0 aliphatic rings. The Bertz CT molecular complexity index is 531. The van der Waals surface area contributed by atoms with Gasteiger partial charge in [0, 0.05) is 28.6 Å². The molecule has 0 saturated carbocycles. The summed E-state index contributed by atoms with van der Waals surface area (Å²) in [7, 11) is 0. The van der Waals surface area contributed by atoms with Crippen molar-refractivity contribution in [3.05, 3.63) is 69.2 Å². The third-order valence-corrected chi connectivity index (χ3v) is 3.79. The van der Waals surface area contributed by atoms with Crippen molar-refractivity contribution in [1.82, 2.24) is 5.32 Å². The van der Waals surface area contributed by atoms with E-state index in [4.69, 9.17) is 17.3 Å². The molecule has 4 heteroatoms. The molecular weight excluding hydrogens is 324 g/mol. The lowest BCUT2D eigenvalue weighted by Gasteiger charge is -2.19. The van der Waals surface area contributed by atoms with E-state index in [0.29, 0.717) is 6.54 Å². The number of hydrogen-bond acceptors (Lipinski definition) is 2. The van der Waals surface area contributed by atoms with Crippen LogP contribution in [0.1, 0.15) is 17.2 Å². The lowest BCUT2D eigenvalue weighted by molar-refractivity contribution is 0.542. The van der Waals surface area contributed by atoms with Crippen molar-refractivity contribution in [2.24, 2.45) is 5.73 Å². The van der Waals surface area contributed by atoms with Gasteiger partial charge in [-0.25, -0.2) is 0 Å². The van der Waals surface area contributed by atoms with Crippen LogP contribution in [-0.4, -0.2) is 6.54 Å². The van der Waals surface area contributed by atoms with E-state index >= 15 is 0 Å². The molecule has 2 rings (SSSR count). The van der Waals surface area contributed by atoms with Crippen molar-refractivity contribution < 1.29 is 0 Å². The Hall–Kier alpha value is -0.870. The van der Waals surface area contributed by atoms with E-state index in [9.17, 15) is 0 Å². The maximum atomic E-state index is 6.26. The maximum absolute atomic E-state index is 6.26. The maximum Gasteiger partial charge on any atom is 0.0465 e. The molecule has 0 aliphatic heterocycles. The lowest BCUT2D eigenvalue weighted by atomic mass is 10.1. The lowest BCUT2D eigenvalue weighted by Crippen LogP contribution is -2.28. The van der Waals surface area contributed by atoms with Gasteiger partial charge in [-0.1, -0.05) is 63.9 Å². The smallest absolute Gasteiger partial charge is 0.0465 e. The predicted octanol–water partition coefficient (Wildman–Crippen LogP) is 3.89. The van der Waals surface area contributed by atoms with Crippen molar-refractivity contribution in [2.45, 2.75) is 12.6 Å². The Labute approximate surface area is 127 Å². The van der Waals surface area contributed by atoms with Crippen LogP contribution in [0, 0.1) is 0 Å². The van der Waals surface area contributed by atoms with E-state index in [1.807, 2.05) is 36.4 Å². The molecule has 0 radical (unpaired) electrons. The van der Waals surface area contributed by atoms with Crippen LogP contribution in [0.3, 0.4) is 0 Å². The van der Waals surface area contributed by atoms with E-state index in [2.05, 4.69) is 33.4 Å². The first kappa shape index (κ1) is 14.5. The summed E-state index contributed by atoms with van der Waals surface area (Å²) in [6, 6.07) is 16.2. The molecule has 0 fully saturated rings. The highest BCUT2D eigenvalue weighted by Gasteiger charge is 2.12. The highest BCUT2D eigenvalue weighted by molar-refractivity contribution is 9.10. The zero-order valence-electron chi connectivity index (χ0n) is 10.4. The summed E-state index contributed by atoms with van der Waals surface area (Å²) in [4.78, 5) is 0. The van der Waals surface area contributed by atoms with Crippen LogP contribution >= 0.6 is 27.5 Å². The number of halogens is 2. The topological polar surface area (TPSA) is 38.0 Å². The predicted molar refractivity (Wildman–Crippen MR) is 84.2 cm³/mol. The van der Waals surface area contributed by atoms with Gasteiger partial charge >= 0.3 is 0 Å². The quantitative estimate of drug-likeness (QED) is 0.867. The van der Waals surface area contributed by atoms with Gasteiger partial charge in [0.1, 0.15) is 0 Å². The fraction of sp³-hybridized carbons (Fsp3) is 0.200. The van der Waals surface area contributed by atoms with Crippen LogP contribution in [0.15, 0.2) is 53.0 Å². The minimum absolute atomic E-state index is 0.0563. The van der Waals surface area contributed by atoms with Gasteiger partial charge in [0.25, 0.3) is 0 Å². The molecule has 1 unspecified atom stereocenters. The molecular formula is C15H16BrClN2. The second-order valence-electron chi connectivity index (χ2n) is 4.32. The largest absolute Gasteiger partial charge is 0.329 e. The van der Waals surface area contributed by atoms with Gasteiger partial charge in [0.15, 0.2) is 0 Å². The molecule has 2 aromatic carbocycles. The van der Waals surface area contributed by atoms with Crippen molar-refractivity contribution in [3.63, 3.8) is 0 Å². The van der Waals surface area contributed by atoms with Gasteiger partial charge in [-0.05, 0) is 23.3 Å². The Balaban J connectivity index is 2.08. The number of nitrogens with two attached hydrogens (primary N) is 1. The summed E-state index contributed by atoms with van der Waals surface area (Å²) in [5.74, 6) is 0. The fourth-order valence-electron chi connectivity index (χ4n) is 1.94. The monoisotopic (exact) mass is 338 g/mol. The zero-order chi connectivity index (χ0) is 13.7. The molecule has 0 aromatic heterocycles. The van der Waals surface area contributed by atoms with Crippen molar-refractivity contribution in [2.75, 3.05) is 6.54 Å². The third-order valence-electron chi connectivity index (χ3n) is 2.97. The molecule has 0 saturated heterocycles. The van der Waals surface area contributed by atoms with Crippen molar-refractivity contribution in [3.8, 4) is 0 Å². The average Bonchev–Trinajstić information content (AvgIpc) is 2.42. The standard InChI is InChI=1S/C15H16BrClN2/c16-12-6-7-13(14(17)8-12)15(9-18)19-10-11-4-2-1-3-5-11/h1-8,15,19H,9-10,18H2. The van der Waals surface area contributed by atoms with E-state index in [0.717, 1.165) is 21.6 Å². The van der Waals surface area contributed by atoms with E-state index < -0.39 is 0 Å². The van der Waals surface area contributed by atoms with Crippen molar-refractivity contribution >= 4 is 27.5 Å². The molecule has 0 spiro atoms. The number of rotatable bonds is 5. The molecule has 0 heterocycles. The molecule has 0 aliphatic carbocycles. The van der Waals surface area contributed by atoms with E-state index in [-0.39, 0.29) is 6.04 Å². The Morgan fingerprint density at radius 3 is 2.53 bits per heavy atom. The van der Waals surface area contributed by atoms with Crippen LogP contribution in [0.4, 0.5) is 0 Å². The Kier molecular flexibility index (Phi) is 5.40. The van der Waals surface area contributed by atoms with Gasteiger partial charge in [-0.3, -0.25) is 0 Å². The van der Waals surface area contributed by atoms with Crippen LogP contribution in [-0.2, 0) is 6.54 Å². The highest BCUT2D eigenvalue weighted by Crippen LogP contribution is 2.26. The van der Waals surface area contributed by atoms with Gasteiger partial charge < -0.3 is 11.1 Å². The second-order valence-corrected chi connectivity index (χ2v) is 5.64. The molecule has 3 N–H and O–H groups in total. The normalized spacial score (nSPS) is 12.4. The molecule has 0 bridgehead atoms. The average molecular weight is 340 g/mol. The minimum atomic E-state index is 0.0563. The molecule has 0 amide bonds. The van der Waals surface area contributed by atoms with E-state index in [1.165, 1.54) is 5.56 Å². The van der Waals surface area contributed by atoms with Crippen LogP contribution in [0.2, 0.25) is 5.02 Å². The second kappa shape index (κ2) is 7.06. The summed E-state index contributed by atoms with van der Waals surface area (Å²) in [6.45, 7) is 1.28. The zero-order valence-corrected chi connectivity index (χ0v) is 12.8. The van der Waals surface area contributed by atoms with Crippen LogP contribution in [0.5, 0.6) is 0 Å². The summed E-state index contributed by atoms with van der Waals surface area (Å²) in [5, 5.41) is 4.16. The van der Waals surface area contributed by atoms with Gasteiger partial charge in [0.05, 0.1) is 0 Å². The summed E-state index contributed by atoms with van der Waals surface area (Å²) < 4.78 is 0.972. The van der Waals surface area contributed by atoms with Crippen LogP contribution < -0.4 is 11.1 Å². The van der Waals surface area contributed by atoms with Crippen LogP contribution in [0.25, 0.3) is 0 Å². The first-order valence-corrected chi connectivity index (χ1v) is 7.30. The minimum Gasteiger partial charge on any atom is -0.329 e. The first-order valence-electron chi connectivity index (χ1n) is 6.13. The molecule has 2 aromatic rings. The SMILES string of the molecule is NCC(NCc1ccccc1)c1ccc(Br)cc1Cl. The number of hydrogen-bond donors (Lipinski definition) is 2. The summed E-state index contributed by atoms with van der Waals surface area (Å²) in [6.07, 6.45) is 0. The van der Waals surface area contributed by atoms with E-state index in [1.54, 1.807) is 0 Å². The molecule has 100 valence electrons. The molecule has 2 nitrogen and oxygen atoms in total. The molecule has 1 atom stereocenters. The third kappa shape index (κ3) is 4.05. The Morgan fingerprint density at radius 2 is 1.89 bits per heavy atom. The number of nitrogens with one attached hydrogen (secondary N) is 1. The highest BCUT2D eigenvalue weighted by atomic mass is 79.9. The van der Waals surface area contributed by atoms with Gasteiger partial charge in [0.2, 0.25) is 0 Å². The van der Waals surface area contributed by atoms with Crippen molar-refractivity contribution in [1.29, 1.82) is 0 Å². The summed E-state index contributed by atoms with van der Waals surface area (Å²) in [5.41, 5.74) is 8.10. The number of benzene rings is 2. The van der Waals surface area contributed by atoms with Gasteiger partial charge in [-0.2, -0.15) is 0 Å². The van der Waals surface area contributed by atoms with Gasteiger partial charge in [-0.15, -0.1) is 0 Å². The first-order chi connectivity index (χ1) is 9.20. The fourth-order valence-corrected chi connectivity index (χ4v) is 2.75. The summed E-state index contributed by atoms with van der Waals surface area (Å²) >= 11 is 9.67. The molecule has 19 heavy (non-hydrogen) atoms.